The number of halogens is 3. The van der Waals surface area contributed by atoms with Gasteiger partial charge in [-0.15, -0.1) is 0 Å². The molecule has 2 aliphatic heterocycles. The van der Waals surface area contributed by atoms with Crippen molar-refractivity contribution in [1.82, 2.24) is 10.2 Å². The largest absolute Gasteiger partial charge is 0.430 e. The number of hydrogen-bond acceptors (Lipinski definition) is 4. The smallest absolute Gasteiger partial charge is 0.356 e. The molecule has 2 fully saturated rings. The van der Waals surface area contributed by atoms with Crippen LogP contribution in [0.15, 0.2) is 54.6 Å². The average Bonchev–Trinajstić information content (AvgIpc) is 2.85. The highest BCUT2D eigenvalue weighted by molar-refractivity contribution is 5.96. The van der Waals surface area contributed by atoms with Crippen molar-refractivity contribution in [3.8, 4) is 0 Å². The van der Waals surface area contributed by atoms with E-state index in [4.69, 9.17) is 4.74 Å². The van der Waals surface area contributed by atoms with E-state index in [0.29, 0.717) is 24.9 Å². The van der Waals surface area contributed by atoms with Gasteiger partial charge in [0.15, 0.2) is 5.78 Å². The summed E-state index contributed by atoms with van der Waals surface area (Å²) in [7, 11) is 0.893. The van der Waals surface area contributed by atoms with Crippen molar-refractivity contribution < 1.29 is 32.3 Å². The fourth-order valence-electron chi connectivity index (χ4n) is 5.80. The molecular formula is C27H29F3N2O4. The molecule has 2 saturated heterocycles. The van der Waals surface area contributed by atoms with Crippen molar-refractivity contribution in [2.75, 3.05) is 26.7 Å². The Balaban J connectivity index is 1.65. The minimum absolute atomic E-state index is 0.0406. The van der Waals surface area contributed by atoms with Crippen LogP contribution in [0.25, 0.3) is 0 Å². The molecule has 2 atom stereocenters. The van der Waals surface area contributed by atoms with Gasteiger partial charge in [-0.25, -0.2) is 0 Å². The van der Waals surface area contributed by atoms with Crippen LogP contribution >= 0.6 is 0 Å². The molecule has 2 aromatic carbocycles. The number of rotatable bonds is 5. The summed E-state index contributed by atoms with van der Waals surface area (Å²) >= 11 is 0. The Morgan fingerprint density at radius 1 is 1.03 bits per heavy atom. The first-order chi connectivity index (χ1) is 17.1. The van der Waals surface area contributed by atoms with E-state index in [1.54, 1.807) is 18.2 Å². The van der Waals surface area contributed by atoms with Gasteiger partial charge < -0.3 is 15.0 Å². The lowest BCUT2D eigenvalue weighted by Gasteiger charge is -2.50. The lowest BCUT2D eigenvalue weighted by molar-refractivity contribution is -0.271. The number of methoxy groups -OCH3 is 1. The SMILES string of the molecule is CO[C@@](C(=O)N1CCC2(CC1)CC(=O)NC[C@H]2c1ccccc1C(C)=O)(c1ccccc1)C(F)(F)F. The Hall–Kier alpha value is -3.20. The Kier molecular flexibility index (Phi) is 6.96. The van der Waals surface area contributed by atoms with Gasteiger partial charge in [0.25, 0.3) is 11.5 Å². The summed E-state index contributed by atoms with van der Waals surface area (Å²) in [6.45, 7) is 1.89. The third-order valence-corrected chi connectivity index (χ3v) is 7.70. The highest BCUT2D eigenvalue weighted by atomic mass is 19.4. The number of piperidine rings is 2. The molecule has 1 spiro atoms. The van der Waals surface area contributed by atoms with Crippen molar-refractivity contribution in [1.29, 1.82) is 0 Å². The van der Waals surface area contributed by atoms with Crippen LogP contribution in [0.3, 0.4) is 0 Å². The highest BCUT2D eigenvalue weighted by Crippen LogP contribution is 2.51. The van der Waals surface area contributed by atoms with Gasteiger partial charge in [-0.2, -0.15) is 13.2 Å². The lowest BCUT2D eigenvalue weighted by Crippen LogP contribution is -2.60. The number of ketones is 1. The number of nitrogens with one attached hydrogen (secondary N) is 1. The number of nitrogens with zero attached hydrogens (tertiary/aromatic N) is 1. The van der Waals surface area contributed by atoms with Crippen LogP contribution in [0.5, 0.6) is 0 Å². The highest BCUT2D eigenvalue weighted by Gasteiger charge is 2.64. The van der Waals surface area contributed by atoms with E-state index < -0.39 is 23.1 Å². The summed E-state index contributed by atoms with van der Waals surface area (Å²) in [5.74, 6) is -1.60. The molecule has 0 radical (unpaired) electrons. The van der Waals surface area contributed by atoms with Crippen LogP contribution < -0.4 is 5.32 Å². The number of carbonyl (C=O) groups excluding carboxylic acids is 3. The second-order valence-corrected chi connectivity index (χ2v) is 9.58. The zero-order valence-electron chi connectivity index (χ0n) is 20.2. The first kappa shape index (κ1) is 25.9. The van der Waals surface area contributed by atoms with Crippen LogP contribution in [0, 0.1) is 5.41 Å². The molecule has 2 aromatic rings. The fourth-order valence-corrected chi connectivity index (χ4v) is 5.80. The molecule has 36 heavy (non-hydrogen) atoms. The molecule has 6 nitrogen and oxygen atoms in total. The monoisotopic (exact) mass is 502 g/mol. The number of alkyl halides is 3. The molecule has 0 unspecified atom stereocenters. The summed E-state index contributed by atoms with van der Waals surface area (Å²) in [6.07, 6.45) is -4.15. The fraction of sp³-hybridized carbons (Fsp3) is 0.444. The number of hydrogen-bond donors (Lipinski definition) is 1. The van der Waals surface area contributed by atoms with Gasteiger partial charge in [0.1, 0.15) is 0 Å². The average molecular weight is 503 g/mol. The Morgan fingerprint density at radius 3 is 2.22 bits per heavy atom. The molecule has 9 heteroatoms. The first-order valence-corrected chi connectivity index (χ1v) is 11.9. The van der Waals surface area contributed by atoms with Gasteiger partial charge in [0, 0.05) is 50.2 Å². The third kappa shape index (κ3) is 4.30. The van der Waals surface area contributed by atoms with E-state index in [1.165, 1.54) is 36.1 Å². The molecule has 192 valence electrons. The van der Waals surface area contributed by atoms with Gasteiger partial charge in [-0.3, -0.25) is 14.4 Å². The molecule has 2 aliphatic rings. The van der Waals surface area contributed by atoms with E-state index in [-0.39, 0.29) is 42.7 Å². The molecule has 0 bridgehead atoms. The second-order valence-electron chi connectivity index (χ2n) is 9.58. The van der Waals surface area contributed by atoms with Gasteiger partial charge in [-0.1, -0.05) is 54.6 Å². The van der Waals surface area contributed by atoms with Crippen LogP contribution in [0.1, 0.15) is 53.6 Å². The molecule has 0 aromatic heterocycles. The number of Topliss-reactive ketones (excluding diaryl/α,β-unsaturated/α-hetero) is 1. The second kappa shape index (κ2) is 9.69. The van der Waals surface area contributed by atoms with Crippen LogP contribution in [-0.2, 0) is 19.9 Å². The zero-order valence-corrected chi connectivity index (χ0v) is 20.2. The van der Waals surface area contributed by atoms with E-state index in [2.05, 4.69) is 5.32 Å². The number of carbonyl (C=O) groups is 3. The normalized spacial score (nSPS) is 21.5. The van der Waals surface area contributed by atoms with Gasteiger partial charge in [0.2, 0.25) is 5.91 Å². The van der Waals surface area contributed by atoms with Crippen LogP contribution in [0.2, 0.25) is 0 Å². The van der Waals surface area contributed by atoms with E-state index >= 15 is 0 Å². The molecule has 0 saturated carbocycles. The number of benzene rings is 2. The standard InChI is InChI=1S/C27H29F3N2O4/c1-18(33)20-10-6-7-11-21(20)22-17-31-23(34)16-25(22)12-14-32(15-13-25)24(35)26(36-2,27(28,29)30)19-8-4-3-5-9-19/h3-11,22H,12-17H2,1-2H3,(H,31,34)/t22-,26+/m0/s1. The Labute approximate surface area is 207 Å². The minimum Gasteiger partial charge on any atom is -0.356 e. The zero-order chi connectivity index (χ0) is 26.1. The van der Waals surface area contributed by atoms with Gasteiger partial charge in [-0.05, 0) is 30.7 Å². The van der Waals surface area contributed by atoms with Crippen molar-refractivity contribution in [3.63, 3.8) is 0 Å². The third-order valence-electron chi connectivity index (χ3n) is 7.70. The lowest BCUT2D eigenvalue weighted by atomic mass is 9.61. The maximum absolute atomic E-state index is 14.4. The van der Waals surface area contributed by atoms with Crippen molar-refractivity contribution in [3.05, 3.63) is 71.3 Å². The van der Waals surface area contributed by atoms with Crippen LogP contribution in [-0.4, -0.2) is 55.4 Å². The number of ether oxygens (including phenoxy) is 1. The van der Waals surface area contributed by atoms with Crippen molar-refractivity contribution in [2.45, 2.75) is 43.9 Å². The van der Waals surface area contributed by atoms with E-state index in [1.807, 2.05) is 12.1 Å². The predicted molar refractivity (Wildman–Crippen MR) is 126 cm³/mol. The summed E-state index contributed by atoms with van der Waals surface area (Å²) in [5, 5.41) is 2.88. The Morgan fingerprint density at radius 2 is 1.64 bits per heavy atom. The minimum atomic E-state index is -4.98. The summed E-state index contributed by atoms with van der Waals surface area (Å²) in [5.41, 5.74) is -2.60. The molecular weight excluding hydrogens is 473 g/mol. The summed E-state index contributed by atoms with van der Waals surface area (Å²) < 4.78 is 48.2. The molecule has 0 aliphatic carbocycles. The molecule has 4 rings (SSSR count). The van der Waals surface area contributed by atoms with Crippen molar-refractivity contribution in [2.24, 2.45) is 5.41 Å². The van der Waals surface area contributed by atoms with E-state index in [9.17, 15) is 27.6 Å². The topological polar surface area (TPSA) is 75.7 Å². The molecule has 2 heterocycles. The van der Waals surface area contributed by atoms with Gasteiger partial charge in [0.05, 0.1) is 0 Å². The molecule has 1 N–H and O–H groups in total. The van der Waals surface area contributed by atoms with Crippen molar-refractivity contribution >= 4 is 17.6 Å². The summed E-state index contributed by atoms with van der Waals surface area (Å²) in [6, 6.07) is 14.1. The number of amides is 2. The maximum Gasteiger partial charge on any atom is 0.430 e. The maximum atomic E-state index is 14.4. The number of likely N-dealkylation sites (tertiary alicyclic amines) is 1. The van der Waals surface area contributed by atoms with Gasteiger partial charge >= 0.3 is 6.18 Å². The Bertz CT molecular complexity index is 1140. The summed E-state index contributed by atoms with van der Waals surface area (Å²) in [4.78, 5) is 39.4. The predicted octanol–water partition coefficient (Wildman–Crippen LogP) is 4.21. The van der Waals surface area contributed by atoms with E-state index in [0.717, 1.165) is 12.7 Å². The molecule has 2 amide bonds. The van der Waals surface area contributed by atoms with Crippen LogP contribution in [0.4, 0.5) is 13.2 Å². The quantitative estimate of drug-likeness (QED) is 0.622. The first-order valence-electron chi connectivity index (χ1n) is 11.9.